The second-order valence-electron chi connectivity index (χ2n) is 7.50. The average Bonchev–Trinajstić information content (AvgIpc) is 3.20. The molecule has 33 heavy (non-hydrogen) atoms. The maximum atomic E-state index is 12.7. The van der Waals surface area contributed by atoms with E-state index >= 15 is 0 Å². The molecule has 4 rings (SSSR count). The Balaban J connectivity index is 1.49. The number of hydrogen-bond acceptors (Lipinski definition) is 4. The lowest BCUT2D eigenvalue weighted by molar-refractivity contribution is 0.102. The van der Waals surface area contributed by atoms with Gasteiger partial charge in [0.25, 0.3) is 5.91 Å². The van der Waals surface area contributed by atoms with Gasteiger partial charge in [-0.25, -0.2) is 0 Å². The first-order valence-electron chi connectivity index (χ1n) is 10.3. The molecule has 1 N–H and O–H groups in total. The molecule has 0 saturated carbocycles. The fraction of sp³-hybridized carbons (Fsp3) is 0.115. The van der Waals surface area contributed by atoms with Crippen molar-refractivity contribution in [3.05, 3.63) is 112 Å². The lowest BCUT2D eigenvalue weighted by Crippen LogP contribution is -2.14. The van der Waals surface area contributed by atoms with Gasteiger partial charge in [0.2, 0.25) is 0 Å². The zero-order valence-electron chi connectivity index (χ0n) is 18.0. The van der Waals surface area contributed by atoms with E-state index in [4.69, 9.17) is 21.6 Å². The highest BCUT2D eigenvalue weighted by Gasteiger charge is 2.15. The number of nitriles is 1. The minimum atomic E-state index is -0.326. The Labute approximate surface area is 197 Å². The molecular formula is C26H21ClN4O2. The summed E-state index contributed by atoms with van der Waals surface area (Å²) in [6, 6.07) is 25.8. The fourth-order valence-electron chi connectivity index (χ4n) is 3.31. The Kier molecular flexibility index (Phi) is 6.72. The number of hydrogen-bond donors (Lipinski definition) is 1. The molecule has 0 aliphatic rings. The van der Waals surface area contributed by atoms with Gasteiger partial charge in [-0.05, 0) is 61.0 Å². The number of nitrogens with one attached hydrogen (secondary N) is 1. The molecule has 0 radical (unpaired) electrons. The van der Waals surface area contributed by atoms with Crippen molar-refractivity contribution in [3.63, 3.8) is 0 Å². The maximum absolute atomic E-state index is 12.7. The number of anilines is 1. The summed E-state index contributed by atoms with van der Waals surface area (Å²) in [4.78, 5) is 12.7. The van der Waals surface area contributed by atoms with E-state index in [1.807, 2.05) is 49.4 Å². The van der Waals surface area contributed by atoms with Crippen LogP contribution >= 0.6 is 11.6 Å². The Morgan fingerprint density at radius 1 is 1.09 bits per heavy atom. The van der Waals surface area contributed by atoms with Crippen LogP contribution in [0.25, 0.3) is 0 Å². The van der Waals surface area contributed by atoms with E-state index in [2.05, 4.69) is 16.5 Å². The van der Waals surface area contributed by atoms with E-state index in [9.17, 15) is 4.79 Å². The number of aromatic nitrogens is 2. The smallest absolute Gasteiger partial charge is 0.276 e. The van der Waals surface area contributed by atoms with E-state index < -0.39 is 0 Å². The zero-order valence-corrected chi connectivity index (χ0v) is 18.7. The van der Waals surface area contributed by atoms with Crippen LogP contribution in [0.1, 0.15) is 32.9 Å². The molecule has 1 aromatic heterocycles. The SMILES string of the molecule is Cc1cc(C(=O)Nc2ccc(C#N)cc2)nn1Cc1cc(Cl)ccc1OCc1ccccc1. The molecule has 3 aromatic carbocycles. The van der Waals surface area contributed by atoms with Crippen LogP contribution < -0.4 is 10.1 Å². The normalized spacial score (nSPS) is 10.5. The van der Waals surface area contributed by atoms with Crippen molar-refractivity contribution in [3.8, 4) is 11.8 Å². The van der Waals surface area contributed by atoms with Gasteiger partial charge in [0.1, 0.15) is 12.4 Å². The largest absolute Gasteiger partial charge is 0.489 e. The van der Waals surface area contributed by atoms with Crippen LogP contribution in [0.3, 0.4) is 0 Å². The topological polar surface area (TPSA) is 79.9 Å². The Hall–Kier alpha value is -4.08. The number of amides is 1. The number of nitrogens with zero attached hydrogens (tertiary/aromatic N) is 3. The van der Waals surface area contributed by atoms with Crippen LogP contribution in [0.5, 0.6) is 5.75 Å². The first-order chi connectivity index (χ1) is 16.0. The van der Waals surface area contributed by atoms with Gasteiger partial charge >= 0.3 is 0 Å². The summed E-state index contributed by atoms with van der Waals surface area (Å²) in [5.74, 6) is 0.384. The molecule has 0 spiro atoms. The minimum absolute atomic E-state index is 0.297. The standard InChI is InChI=1S/C26H21ClN4O2/c1-18-13-24(26(32)29-23-10-7-19(15-28)8-11-23)30-31(18)16-21-14-22(27)9-12-25(21)33-17-20-5-3-2-4-6-20/h2-14H,16-17H2,1H3,(H,29,32). The Morgan fingerprint density at radius 3 is 2.58 bits per heavy atom. The van der Waals surface area contributed by atoms with Crippen molar-refractivity contribution >= 4 is 23.2 Å². The van der Waals surface area contributed by atoms with Crippen molar-refractivity contribution in [1.82, 2.24) is 9.78 Å². The second-order valence-corrected chi connectivity index (χ2v) is 7.93. The molecule has 1 amide bonds. The van der Waals surface area contributed by atoms with Crippen LogP contribution in [0.2, 0.25) is 5.02 Å². The third kappa shape index (κ3) is 5.59. The van der Waals surface area contributed by atoms with Crippen molar-refractivity contribution < 1.29 is 9.53 Å². The molecule has 0 atom stereocenters. The molecule has 4 aromatic rings. The van der Waals surface area contributed by atoms with Crippen LogP contribution in [0, 0.1) is 18.3 Å². The van der Waals surface area contributed by atoms with E-state index in [1.165, 1.54) is 0 Å². The van der Waals surface area contributed by atoms with Crippen molar-refractivity contribution in [2.45, 2.75) is 20.1 Å². The summed E-state index contributed by atoms with van der Waals surface area (Å²) in [6.45, 7) is 2.73. The molecule has 0 bridgehead atoms. The van der Waals surface area contributed by atoms with Crippen LogP contribution in [0.15, 0.2) is 78.9 Å². The van der Waals surface area contributed by atoms with Crippen LogP contribution in [0.4, 0.5) is 5.69 Å². The molecule has 1 heterocycles. The summed E-state index contributed by atoms with van der Waals surface area (Å²) in [6.07, 6.45) is 0. The van der Waals surface area contributed by atoms with E-state index in [0.29, 0.717) is 40.9 Å². The van der Waals surface area contributed by atoms with E-state index in [-0.39, 0.29) is 5.91 Å². The van der Waals surface area contributed by atoms with Gasteiger partial charge in [-0.1, -0.05) is 41.9 Å². The number of carbonyl (C=O) groups is 1. The summed E-state index contributed by atoms with van der Waals surface area (Å²) >= 11 is 6.24. The maximum Gasteiger partial charge on any atom is 0.276 e. The summed E-state index contributed by atoms with van der Waals surface area (Å²) in [5, 5.41) is 16.8. The third-order valence-corrected chi connectivity index (χ3v) is 5.30. The van der Waals surface area contributed by atoms with Gasteiger partial charge in [-0.3, -0.25) is 9.48 Å². The first kappa shape index (κ1) is 22.1. The number of benzene rings is 3. The number of rotatable bonds is 7. The predicted molar refractivity (Wildman–Crippen MR) is 127 cm³/mol. The van der Waals surface area contributed by atoms with Crippen LogP contribution in [-0.4, -0.2) is 15.7 Å². The van der Waals surface area contributed by atoms with Gasteiger partial charge in [0.15, 0.2) is 5.69 Å². The second kappa shape index (κ2) is 10.0. The van der Waals surface area contributed by atoms with Crippen molar-refractivity contribution in [2.75, 3.05) is 5.32 Å². The average molecular weight is 457 g/mol. The lowest BCUT2D eigenvalue weighted by Gasteiger charge is -2.13. The van der Waals surface area contributed by atoms with E-state index in [1.54, 1.807) is 41.1 Å². The highest BCUT2D eigenvalue weighted by atomic mass is 35.5. The van der Waals surface area contributed by atoms with Crippen molar-refractivity contribution in [1.29, 1.82) is 5.26 Å². The summed E-state index contributed by atoms with van der Waals surface area (Å²) in [5.41, 5.74) is 4.18. The van der Waals surface area contributed by atoms with Gasteiger partial charge in [-0.15, -0.1) is 0 Å². The molecular weight excluding hydrogens is 436 g/mol. The highest BCUT2D eigenvalue weighted by molar-refractivity contribution is 6.30. The van der Waals surface area contributed by atoms with E-state index in [0.717, 1.165) is 16.8 Å². The quantitative estimate of drug-likeness (QED) is 0.392. The number of halogens is 1. The fourth-order valence-corrected chi connectivity index (χ4v) is 3.51. The number of ether oxygens (including phenoxy) is 1. The van der Waals surface area contributed by atoms with Gasteiger partial charge in [0, 0.05) is 22.0 Å². The molecule has 164 valence electrons. The van der Waals surface area contributed by atoms with Crippen LogP contribution in [-0.2, 0) is 13.2 Å². The number of aryl methyl sites for hydroxylation is 1. The molecule has 6 nitrogen and oxygen atoms in total. The Bertz CT molecular complexity index is 1310. The molecule has 0 aliphatic carbocycles. The molecule has 0 aliphatic heterocycles. The lowest BCUT2D eigenvalue weighted by atomic mass is 10.2. The minimum Gasteiger partial charge on any atom is -0.489 e. The molecule has 7 heteroatoms. The van der Waals surface area contributed by atoms with Gasteiger partial charge < -0.3 is 10.1 Å². The monoisotopic (exact) mass is 456 g/mol. The summed E-state index contributed by atoms with van der Waals surface area (Å²) < 4.78 is 7.79. The highest BCUT2D eigenvalue weighted by Crippen LogP contribution is 2.25. The molecule has 0 unspecified atom stereocenters. The predicted octanol–water partition coefficient (Wildman–Crippen LogP) is 5.60. The van der Waals surface area contributed by atoms with Crippen molar-refractivity contribution in [2.24, 2.45) is 0 Å². The zero-order chi connectivity index (χ0) is 23.2. The Morgan fingerprint density at radius 2 is 1.85 bits per heavy atom. The number of carbonyl (C=O) groups excluding carboxylic acids is 1. The summed E-state index contributed by atoms with van der Waals surface area (Å²) in [7, 11) is 0. The van der Waals surface area contributed by atoms with Gasteiger partial charge in [0.05, 0.1) is 18.2 Å². The molecule has 0 fully saturated rings. The first-order valence-corrected chi connectivity index (χ1v) is 10.7. The third-order valence-electron chi connectivity index (χ3n) is 5.07. The molecule has 0 saturated heterocycles. The van der Waals surface area contributed by atoms with Gasteiger partial charge in [-0.2, -0.15) is 10.4 Å².